The summed E-state index contributed by atoms with van der Waals surface area (Å²) in [7, 11) is 0. The van der Waals surface area contributed by atoms with Gasteiger partial charge in [0.05, 0.1) is 5.70 Å². The summed E-state index contributed by atoms with van der Waals surface area (Å²) >= 11 is 5.52. The molecular weight excluding hydrogens is 1020 g/mol. The second-order valence-electron chi connectivity index (χ2n) is 13.2. The molecule has 0 aromatic heterocycles. The van der Waals surface area contributed by atoms with Crippen LogP contribution in [0.4, 0.5) is 5.69 Å². The van der Waals surface area contributed by atoms with Crippen molar-refractivity contribution in [3.8, 4) is 0 Å². The van der Waals surface area contributed by atoms with Gasteiger partial charge in [-0.25, -0.2) is 4.79 Å². The van der Waals surface area contributed by atoms with E-state index in [9.17, 15) is 14.4 Å². The number of ketones is 2. The molecule has 54 heavy (non-hydrogen) atoms. The zero-order valence-corrected chi connectivity index (χ0v) is 36.6. The number of alkyl halides is 3. The largest absolute Gasteiger partial charge is 0.479 e. The molecule has 9 nitrogen and oxygen atoms in total. The Kier molecular flexibility index (Phi) is 15.4. The van der Waals surface area contributed by atoms with E-state index in [4.69, 9.17) is 10.8 Å². The number of aliphatic carboxylic acids is 1. The van der Waals surface area contributed by atoms with Crippen molar-refractivity contribution < 1.29 is 19.5 Å². The summed E-state index contributed by atoms with van der Waals surface area (Å²) < 4.78 is -0.673. The first kappa shape index (κ1) is 41.7. The third-order valence-electron chi connectivity index (χ3n) is 8.55. The Labute approximate surface area is 358 Å². The van der Waals surface area contributed by atoms with Crippen LogP contribution in [0.1, 0.15) is 22.3 Å². The number of rotatable bonds is 10. The summed E-state index contributed by atoms with van der Waals surface area (Å²) in [6, 6.07) is 39.8. The molecule has 282 valence electrons. The Morgan fingerprint density at radius 1 is 0.648 bits per heavy atom. The highest BCUT2D eigenvalue weighted by molar-refractivity contribution is 14.3. The van der Waals surface area contributed by atoms with E-state index in [1.807, 2.05) is 114 Å². The number of aryl methyl sites for hydroxylation is 1. The molecule has 4 aromatic carbocycles. The molecule has 3 N–H and O–H groups in total. The van der Waals surface area contributed by atoms with Gasteiger partial charge in [-0.2, -0.15) is 0 Å². The fourth-order valence-electron chi connectivity index (χ4n) is 5.53. The number of halogens is 3. The third-order valence-corrected chi connectivity index (χ3v) is 9.94. The van der Waals surface area contributed by atoms with E-state index >= 15 is 0 Å². The quantitative estimate of drug-likeness (QED) is 0.0544. The molecule has 3 saturated heterocycles. The van der Waals surface area contributed by atoms with Gasteiger partial charge in [-0.3, -0.25) is 14.5 Å². The first-order chi connectivity index (χ1) is 25.9. The molecule has 0 spiro atoms. The van der Waals surface area contributed by atoms with Crippen LogP contribution in [-0.4, -0.2) is 80.9 Å². The summed E-state index contributed by atoms with van der Waals surface area (Å²) in [6.45, 7) is 10.3. The van der Waals surface area contributed by atoms with Crippen LogP contribution in [0.15, 0.2) is 138 Å². The molecule has 3 heterocycles. The fraction of sp³-hybridized carbons (Fsp3) is 0.262. The van der Waals surface area contributed by atoms with E-state index in [0.29, 0.717) is 17.1 Å². The van der Waals surface area contributed by atoms with Crippen LogP contribution in [0.25, 0.3) is 0 Å². The van der Waals surface area contributed by atoms with Crippen LogP contribution >= 0.6 is 67.8 Å². The van der Waals surface area contributed by atoms with Crippen LogP contribution in [-0.2, 0) is 34.0 Å². The SMILES string of the molecule is Cc1ccc(N)cc1.O=C(O)C(I)(I)I.O=C1C=C(N2CC2)C(=O)C(N2CC2)=C1N1CC1.c1ccc(CN(Cc2ccccc2)Cc2ccccc2)cc1. The summed E-state index contributed by atoms with van der Waals surface area (Å²) in [5.74, 6) is -0.748. The Morgan fingerprint density at radius 3 is 1.35 bits per heavy atom. The fourth-order valence-corrected chi connectivity index (χ4v) is 5.53. The zero-order chi connectivity index (χ0) is 38.7. The number of anilines is 1. The van der Waals surface area contributed by atoms with Gasteiger partial charge in [-0.1, -0.05) is 109 Å². The number of carbonyl (C=O) groups excluding carboxylic acids is 2. The highest BCUT2D eigenvalue weighted by Crippen LogP contribution is 2.35. The number of hydrogen-bond acceptors (Lipinski definition) is 8. The summed E-state index contributed by atoms with van der Waals surface area (Å²) in [5.41, 5.74) is 13.5. The van der Waals surface area contributed by atoms with Crippen molar-refractivity contribution in [3.63, 3.8) is 0 Å². The lowest BCUT2D eigenvalue weighted by atomic mass is 10.0. The lowest BCUT2D eigenvalue weighted by molar-refractivity contribution is -0.134. The number of hydrogen-bond donors (Lipinski definition) is 2. The summed E-state index contributed by atoms with van der Waals surface area (Å²) in [6.07, 6.45) is 1.52. The number of carbonyl (C=O) groups is 3. The van der Waals surface area contributed by atoms with Gasteiger partial charge in [0.1, 0.15) is 11.4 Å². The zero-order valence-electron chi connectivity index (χ0n) is 30.1. The molecule has 8 rings (SSSR count). The first-order valence-electron chi connectivity index (χ1n) is 17.6. The van der Waals surface area contributed by atoms with E-state index in [2.05, 4.69) is 95.9 Å². The lowest BCUT2D eigenvalue weighted by Crippen LogP contribution is -2.29. The lowest BCUT2D eigenvalue weighted by Gasteiger charge is -2.23. The van der Waals surface area contributed by atoms with Gasteiger partial charge >= 0.3 is 5.97 Å². The van der Waals surface area contributed by atoms with Crippen molar-refractivity contribution in [2.75, 3.05) is 45.0 Å². The molecule has 12 heteroatoms. The molecule has 3 aliphatic heterocycles. The normalized spacial score (nSPS) is 15.6. The Morgan fingerprint density at radius 2 is 1.02 bits per heavy atom. The predicted molar refractivity (Wildman–Crippen MR) is 240 cm³/mol. The second kappa shape index (κ2) is 19.9. The molecule has 3 fully saturated rings. The molecule has 4 aromatic rings. The number of benzene rings is 4. The molecule has 0 bridgehead atoms. The first-order valence-corrected chi connectivity index (χ1v) is 20.9. The maximum Gasteiger partial charge on any atom is 0.339 e. The molecule has 0 amide bonds. The van der Waals surface area contributed by atoms with E-state index in [-0.39, 0.29) is 11.6 Å². The minimum Gasteiger partial charge on any atom is -0.479 e. The number of carboxylic acid groups (broad SMARTS) is 1. The van der Waals surface area contributed by atoms with E-state index < -0.39 is 5.40 Å². The Balaban J connectivity index is 0.000000154. The van der Waals surface area contributed by atoms with Crippen LogP contribution in [0.3, 0.4) is 0 Å². The van der Waals surface area contributed by atoms with Crippen LogP contribution in [0.2, 0.25) is 0 Å². The van der Waals surface area contributed by atoms with Gasteiger partial charge in [0.25, 0.3) is 0 Å². The summed E-state index contributed by atoms with van der Waals surface area (Å²) in [5, 5.41) is 8.23. The van der Waals surface area contributed by atoms with Crippen molar-refractivity contribution in [3.05, 3.63) is 161 Å². The molecule has 4 aliphatic rings. The van der Waals surface area contributed by atoms with Crippen molar-refractivity contribution in [2.45, 2.75) is 26.0 Å². The maximum atomic E-state index is 12.4. The smallest absolute Gasteiger partial charge is 0.339 e. The van der Waals surface area contributed by atoms with Gasteiger partial charge in [0, 0.05) is 70.7 Å². The van der Waals surface area contributed by atoms with Crippen LogP contribution in [0.5, 0.6) is 0 Å². The molecular formula is C42H44I3N5O4. The van der Waals surface area contributed by atoms with Crippen LogP contribution in [0, 0.1) is 6.92 Å². The molecule has 0 unspecified atom stereocenters. The van der Waals surface area contributed by atoms with Crippen molar-refractivity contribution >= 4 is 91.0 Å². The number of nitrogen functional groups attached to an aromatic ring is 1. The van der Waals surface area contributed by atoms with E-state index in [1.165, 1.54) is 28.3 Å². The predicted octanol–water partition coefficient (Wildman–Crippen LogP) is 7.68. The minimum absolute atomic E-state index is 0.00546. The maximum absolute atomic E-state index is 12.4. The van der Waals surface area contributed by atoms with Gasteiger partial charge in [-0.15, -0.1) is 0 Å². The van der Waals surface area contributed by atoms with Gasteiger partial charge in [0.15, 0.2) is 0 Å². The molecule has 0 atom stereocenters. The second-order valence-corrected chi connectivity index (χ2v) is 24.2. The molecule has 0 radical (unpaired) electrons. The number of nitrogens with zero attached hydrogens (tertiary/aromatic N) is 4. The summed E-state index contributed by atoms with van der Waals surface area (Å²) in [4.78, 5) is 43.0. The third kappa shape index (κ3) is 13.7. The topological polar surface area (TPSA) is 110 Å². The number of allylic oxidation sites excluding steroid dienone is 1. The number of carboxylic acids is 1. The van der Waals surface area contributed by atoms with Gasteiger partial charge in [0.2, 0.25) is 11.0 Å². The Hall–Kier alpha value is -3.48. The highest BCUT2D eigenvalue weighted by Gasteiger charge is 2.43. The average molecular weight is 1060 g/mol. The van der Waals surface area contributed by atoms with Gasteiger partial charge in [-0.05, 0) is 104 Å². The monoisotopic (exact) mass is 1060 g/mol. The number of nitrogens with two attached hydrogens (primary N) is 1. The standard InChI is InChI=1S/C21H21N.C12H13N3O2.C7H9N.C2HI3O2/c1-4-10-19(11-5-1)16-22(17-20-12-6-2-7-13-20)18-21-14-8-3-9-15-21;16-9-7-8(13-1-2-13)12(17)11(15-5-6-15)10(9)14-3-4-14;1-6-2-4-7(8)5-3-6;3-2(4,5)1(6)7/h1-15H,16-18H2;7H,1-6H2;2-5H,8H2,1H3;(H,6,7). The van der Waals surface area contributed by atoms with Crippen LogP contribution < -0.4 is 5.73 Å². The molecule has 1 aliphatic carbocycles. The van der Waals surface area contributed by atoms with Crippen molar-refractivity contribution in [1.29, 1.82) is 0 Å². The minimum atomic E-state index is -0.797. The van der Waals surface area contributed by atoms with E-state index in [0.717, 1.165) is 64.6 Å². The molecule has 0 saturated carbocycles. The average Bonchev–Trinajstić information content (AvgIpc) is 3.99. The number of Topliss-reactive ketones (excluding diaryl/α,β-unsaturated/α-hetero) is 1. The van der Waals surface area contributed by atoms with Crippen molar-refractivity contribution in [2.24, 2.45) is 0 Å². The van der Waals surface area contributed by atoms with Gasteiger partial charge < -0.3 is 25.5 Å². The highest BCUT2D eigenvalue weighted by atomic mass is 127. The van der Waals surface area contributed by atoms with E-state index in [1.54, 1.807) is 0 Å². The van der Waals surface area contributed by atoms with Crippen molar-refractivity contribution in [1.82, 2.24) is 19.6 Å². The Bertz CT molecular complexity index is 1800.